The molecule has 2 rings (SSSR count). The van der Waals surface area contributed by atoms with Gasteiger partial charge < -0.3 is 14.5 Å². The first-order chi connectivity index (χ1) is 9.27. The Labute approximate surface area is 122 Å². The van der Waals surface area contributed by atoms with Crippen LogP contribution in [0.1, 0.15) is 48.9 Å². The molecule has 0 saturated heterocycles. The van der Waals surface area contributed by atoms with Gasteiger partial charge >= 0.3 is 0 Å². The molecule has 0 unspecified atom stereocenters. The van der Waals surface area contributed by atoms with Gasteiger partial charge in [0.05, 0.1) is 17.9 Å². The lowest BCUT2D eigenvalue weighted by atomic mass is 9.98. The van der Waals surface area contributed by atoms with E-state index in [4.69, 9.17) is 9.15 Å². The molecule has 19 heavy (non-hydrogen) atoms. The number of rotatable bonds is 6. The van der Waals surface area contributed by atoms with Gasteiger partial charge in [0.2, 0.25) is 0 Å². The standard InChI is InChI=1S/C14H20BrNO3/c15-13-12(7-10-19-13)14(17)16-8-4-9-18-11-5-2-1-3-6-11/h7,10-11H,1-6,8-9H2,(H,16,17). The van der Waals surface area contributed by atoms with Gasteiger partial charge in [-0.25, -0.2) is 0 Å². The Morgan fingerprint density at radius 3 is 2.89 bits per heavy atom. The number of halogens is 1. The molecule has 1 aromatic heterocycles. The number of carbonyl (C=O) groups is 1. The van der Waals surface area contributed by atoms with Gasteiger partial charge in [0.1, 0.15) is 0 Å². The first-order valence-corrected chi connectivity index (χ1v) is 7.69. The molecule has 1 amide bonds. The molecule has 1 saturated carbocycles. The lowest BCUT2D eigenvalue weighted by Crippen LogP contribution is -2.26. The molecule has 1 aromatic rings. The summed E-state index contributed by atoms with van der Waals surface area (Å²) in [6.45, 7) is 1.35. The first kappa shape index (κ1) is 14.6. The van der Waals surface area contributed by atoms with Gasteiger partial charge in [-0.15, -0.1) is 0 Å². The van der Waals surface area contributed by atoms with Crippen molar-refractivity contribution in [2.45, 2.75) is 44.6 Å². The number of furan rings is 1. The van der Waals surface area contributed by atoms with Crippen molar-refractivity contribution >= 4 is 21.8 Å². The highest BCUT2D eigenvalue weighted by molar-refractivity contribution is 9.10. The molecule has 1 N–H and O–H groups in total. The second kappa shape index (κ2) is 7.70. The fourth-order valence-electron chi connectivity index (χ4n) is 2.31. The predicted molar refractivity (Wildman–Crippen MR) is 76.2 cm³/mol. The lowest BCUT2D eigenvalue weighted by Gasteiger charge is -2.21. The topological polar surface area (TPSA) is 51.5 Å². The molecule has 1 fully saturated rings. The maximum Gasteiger partial charge on any atom is 0.255 e. The zero-order valence-corrected chi connectivity index (χ0v) is 12.6. The van der Waals surface area contributed by atoms with E-state index in [1.54, 1.807) is 6.07 Å². The normalized spacial score (nSPS) is 16.5. The molecule has 0 bridgehead atoms. The summed E-state index contributed by atoms with van der Waals surface area (Å²) in [5, 5.41) is 2.85. The molecule has 0 radical (unpaired) electrons. The van der Waals surface area contributed by atoms with Crippen LogP contribution >= 0.6 is 15.9 Å². The molecule has 0 atom stereocenters. The Hall–Kier alpha value is -0.810. The van der Waals surface area contributed by atoms with Crippen LogP contribution in [0.5, 0.6) is 0 Å². The monoisotopic (exact) mass is 329 g/mol. The van der Waals surface area contributed by atoms with Crippen molar-refractivity contribution in [2.24, 2.45) is 0 Å². The van der Waals surface area contributed by atoms with E-state index >= 15 is 0 Å². The van der Waals surface area contributed by atoms with E-state index < -0.39 is 0 Å². The van der Waals surface area contributed by atoms with Crippen LogP contribution in [0, 0.1) is 0 Å². The summed E-state index contributed by atoms with van der Waals surface area (Å²) < 4.78 is 11.3. The lowest BCUT2D eigenvalue weighted by molar-refractivity contribution is 0.0273. The average Bonchev–Trinajstić information content (AvgIpc) is 2.86. The minimum absolute atomic E-state index is 0.113. The van der Waals surface area contributed by atoms with Gasteiger partial charge in [0.15, 0.2) is 4.67 Å². The first-order valence-electron chi connectivity index (χ1n) is 6.90. The molecule has 1 aliphatic carbocycles. The molecule has 1 aliphatic rings. The minimum Gasteiger partial charge on any atom is -0.457 e. The highest BCUT2D eigenvalue weighted by atomic mass is 79.9. The summed E-state index contributed by atoms with van der Waals surface area (Å²) in [6, 6.07) is 1.65. The Kier molecular flexibility index (Phi) is 5.92. The predicted octanol–water partition coefficient (Wildman–Crippen LogP) is 3.51. The van der Waals surface area contributed by atoms with E-state index in [0.29, 0.717) is 22.9 Å². The van der Waals surface area contributed by atoms with Crippen LogP contribution in [0.15, 0.2) is 21.4 Å². The number of amides is 1. The van der Waals surface area contributed by atoms with E-state index in [1.807, 2.05) is 0 Å². The molecule has 0 aliphatic heterocycles. The van der Waals surface area contributed by atoms with Gasteiger partial charge in [0, 0.05) is 13.2 Å². The number of ether oxygens (including phenoxy) is 1. The van der Waals surface area contributed by atoms with Crippen molar-refractivity contribution in [3.63, 3.8) is 0 Å². The van der Waals surface area contributed by atoms with Crippen molar-refractivity contribution in [1.29, 1.82) is 0 Å². The molecule has 4 nitrogen and oxygen atoms in total. The summed E-state index contributed by atoms with van der Waals surface area (Å²) in [5.41, 5.74) is 0.535. The minimum atomic E-state index is -0.113. The zero-order valence-electron chi connectivity index (χ0n) is 11.0. The second-order valence-corrected chi connectivity index (χ2v) is 5.57. The van der Waals surface area contributed by atoms with Crippen molar-refractivity contribution in [2.75, 3.05) is 13.2 Å². The van der Waals surface area contributed by atoms with Crippen LogP contribution in [-0.2, 0) is 4.74 Å². The number of nitrogens with one attached hydrogen (secondary N) is 1. The summed E-state index contributed by atoms with van der Waals surface area (Å²) >= 11 is 3.19. The third-order valence-corrected chi connectivity index (χ3v) is 3.99. The zero-order chi connectivity index (χ0) is 13.5. The summed E-state index contributed by atoms with van der Waals surface area (Å²) in [5.74, 6) is -0.113. The van der Waals surface area contributed by atoms with Crippen LogP contribution in [0.4, 0.5) is 0 Å². The van der Waals surface area contributed by atoms with Crippen LogP contribution in [0.3, 0.4) is 0 Å². The average molecular weight is 330 g/mol. The van der Waals surface area contributed by atoms with E-state index in [0.717, 1.165) is 13.0 Å². The largest absolute Gasteiger partial charge is 0.457 e. The molecule has 0 spiro atoms. The van der Waals surface area contributed by atoms with Crippen LogP contribution in [0.25, 0.3) is 0 Å². The van der Waals surface area contributed by atoms with E-state index in [1.165, 1.54) is 38.4 Å². The smallest absolute Gasteiger partial charge is 0.255 e. The van der Waals surface area contributed by atoms with E-state index in [2.05, 4.69) is 21.2 Å². The van der Waals surface area contributed by atoms with Crippen molar-refractivity contribution in [1.82, 2.24) is 5.32 Å². The van der Waals surface area contributed by atoms with Crippen LogP contribution in [0.2, 0.25) is 0 Å². The molecular weight excluding hydrogens is 310 g/mol. The van der Waals surface area contributed by atoms with Gasteiger partial charge in [-0.3, -0.25) is 4.79 Å². The summed E-state index contributed by atoms with van der Waals surface area (Å²) in [6.07, 6.45) is 9.07. The molecular formula is C14H20BrNO3. The third kappa shape index (κ3) is 4.66. The number of hydrogen-bond donors (Lipinski definition) is 1. The van der Waals surface area contributed by atoms with E-state index in [-0.39, 0.29) is 5.91 Å². The summed E-state index contributed by atoms with van der Waals surface area (Å²) in [4.78, 5) is 11.7. The Balaban J connectivity index is 1.56. The third-order valence-electron chi connectivity index (χ3n) is 3.38. The number of hydrogen-bond acceptors (Lipinski definition) is 3. The fraction of sp³-hybridized carbons (Fsp3) is 0.643. The van der Waals surface area contributed by atoms with Gasteiger partial charge in [-0.05, 0) is 41.3 Å². The van der Waals surface area contributed by atoms with Crippen LogP contribution in [-0.4, -0.2) is 25.2 Å². The van der Waals surface area contributed by atoms with Gasteiger partial charge in [-0.2, -0.15) is 0 Å². The summed E-state index contributed by atoms with van der Waals surface area (Å²) in [7, 11) is 0. The highest BCUT2D eigenvalue weighted by Gasteiger charge is 2.14. The quantitative estimate of drug-likeness (QED) is 0.812. The van der Waals surface area contributed by atoms with Gasteiger partial charge in [0.25, 0.3) is 5.91 Å². The second-order valence-electron chi connectivity index (χ2n) is 4.85. The van der Waals surface area contributed by atoms with Crippen LogP contribution < -0.4 is 5.32 Å². The maximum atomic E-state index is 11.7. The van der Waals surface area contributed by atoms with E-state index in [9.17, 15) is 4.79 Å². The maximum absolute atomic E-state index is 11.7. The highest BCUT2D eigenvalue weighted by Crippen LogP contribution is 2.20. The molecule has 1 heterocycles. The Bertz CT molecular complexity index is 399. The van der Waals surface area contributed by atoms with Crippen molar-refractivity contribution < 1.29 is 13.9 Å². The SMILES string of the molecule is O=C(NCCCOC1CCCCC1)c1ccoc1Br. The van der Waals surface area contributed by atoms with Crippen molar-refractivity contribution in [3.05, 3.63) is 22.6 Å². The number of carbonyl (C=O) groups excluding carboxylic acids is 1. The van der Waals surface area contributed by atoms with Crippen molar-refractivity contribution in [3.8, 4) is 0 Å². The Morgan fingerprint density at radius 2 is 2.21 bits per heavy atom. The fourth-order valence-corrected chi connectivity index (χ4v) is 2.73. The molecule has 0 aromatic carbocycles. The van der Waals surface area contributed by atoms with Gasteiger partial charge in [-0.1, -0.05) is 19.3 Å². The Morgan fingerprint density at radius 1 is 1.42 bits per heavy atom. The molecule has 106 valence electrons. The molecule has 5 heteroatoms.